The van der Waals surface area contributed by atoms with Crippen molar-refractivity contribution in [2.75, 3.05) is 13.6 Å². The second-order valence-corrected chi connectivity index (χ2v) is 5.36. The summed E-state index contributed by atoms with van der Waals surface area (Å²) in [5.74, 6) is 0.114. The minimum absolute atomic E-state index is 0.114. The summed E-state index contributed by atoms with van der Waals surface area (Å²) < 4.78 is -0.129. The van der Waals surface area contributed by atoms with Crippen LogP contribution in [0.25, 0.3) is 0 Å². The Morgan fingerprint density at radius 3 is 2.58 bits per heavy atom. The highest BCUT2D eigenvalue weighted by Crippen LogP contribution is 2.17. The van der Waals surface area contributed by atoms with Crippen molar-refractivity contribution in [2.45, 2.75) is 30.2 Å². The molecule has 0 aromatic heterocycles. The van der Waals surface area contributed by atoms with Crippen LogP contribution in [-0.4, -0.2) is 23.0 Å². The van der Waals surface area contributed by atoms with Gasteiger partial charge in [0.25, 0.3) is 0 Å². The van der Waals surface area contributed by atoms with E-state index in [1.165, 1.54) is 0 Å². The molecule has 0 spiro atoms. The van der Waals surface area contributed by atoms with Crippen molar-refractivity contribution in [3.05, 3.63) is 0 Å². The van der Waals surface area contributed by atoms with E-state index >= 15 is 0 Å². The Kier molecular flexibility index (Phi) is 5.82. The largest absolute Gasteiger partial charge is 0.356 e. The predicted molar refractivity (Wildman–Crippen MR) is 59.4 cm³/mol. The lowest BCUT2D eigenvalue weighted by atomic mass is 10.2. The van der Waals surface area contributed by atoms with Gasteiger partial charge in [0, 0.05) is 6.54 Å². The number of carbonyl (C=O) groups excluding carboxylic acids is 1. The summed E-state index contributed by atoms with van der Waals surface area (Å²) in [4.78, 5) is 11.2. The molecule has 12 heavy (non-hydrogen) atoms. The van der Waals surface area contributed by atoms with Gasteiger partial charge in [-0.25, -0.2) is 0 Å². The summed E-state index contributed by atoms with van der Waals surface area (Å²) >= 11 is 2.23. The zero-order chi connectivity index (χ0) is 9.61. The van der Waals surface area contributed by atoms with Gasteiger partial charge < -0.3 is 10.6 Å². The highest BCUT2D eigenvalue weighted by Gasteiger charge is 2.20. The third-order valence-electron chi connectivity index (χ3n) is 1.59. The number of rotatable bonds is 5. The standard InChI is InChI=1S/C8H17IN2O/c1-4-5-11-7(12)6-8(2,9)10-3/h10H,4-6H2,1-3H3,(H,11,12)/t8-/m1/s1. The molecule has 0 aliphatic rings. The molecule has 0 fully saturated rings. The van der Waals surface area contributed by atoms with Gasteiger partial charge in [-0.15, -0.1) is 0 Å². The van der Waals surface area contributed by atoms with E-state index in [1.54, 1.807) is 0 Å². The molecule has 4 heteroatoms. The summed E-state index contributed by atoms with van der Waals surface area (Å²) in [6, 6.07) is 0. The van der Waals surface area contributed by atoms with Crippen molar-refractivity contribution in [1.29, 1.82) is 0 Å². The highest BCUT2D eigenvalue weighted by molar-refractivity contribution is 14.1. The van der Waals surface area contributed by atoms with Gasteiger partial charge in [-0.3, -0.25) is 4.79 Å². The predicted octanol–water partition coefficient (Wildman–Crippen LogP) is 1.27. The summed E-state index contributed by atoms with van der Waals surface area (Å²) in [6.45, 7) is 4.82. The molecule has 72 valence electrons. The molecule has 0 aromatic rings. The number of hydrogen-bond acceptors (Lipinski definition) is 2. The van der Waals surface area contributed by atoms with Gasteiger partial charge in [0.15, 0.2) is 0 Å². The molecule has 0 bridgehead atoms. The van der Waals surface area contributed by atoms with Crippen LogP contribution in [0.3, 0.4) is 0 Å². The van der Waals surface area contributed by atoms with Gasteiger partial charge in [0.2, 0.25) is 5.91 Å². The van der Waals surface area contributed by atoms with E-state index in [9.17, 15) is 4.79 Å². The van der Waals surface area contributed by atoms with Crippen molar-refractivity contribution in [2.24, 2.45) is 0 Å². The fourth-order valence-electron chi connectivity index (χ4n) is 0.717. The van der Waals surface area contributed by atoms with E-state index in [4.69, 9.17) is 0 Å². The summed E-state index contributed by atoms with van der Waals surface area (Å²) in [6.07, 6.45) is 1.51. The highest BCUT2D eigenvalue weighted by atomic mass is 127. The topological polar surface area (TPSA) is 41.1 Å². The summed E-state index contributed by atoms with van der Waals surface area (Å²) in [5.41, 5.74) is 0. The first kappa shape index (κ1) is 12.2. The number of carbonyl (C=O) groups is 1. The Labute approximate surface area is 87.8 Å². The third-order valence-corrected chi connectivity index (χ3v) is 2.51. The maximum Gasteiger partial charge on any atom is 0.222 e. The Morgan fingerprint density at radius 1 is 1.58 bits per heavy atom. The number of hydrogen-bond donors (Lipinski definition) is 2. The molecule has 1 atom stereocenters. The lowest BCUT2D eigenvalue weighted by molar-refractivity contribution is -0.121. The normalized spacial score (nSPS) is 15.3. The lowest BCUT2D eigenvalue weighted by Crippen LogP contribution is -2.39. The van der Waals surface area contributed by atoms with E-state index in [-0.39, 0.29) is 9.45 Å². The van der Waals surface area contributed by atoms with Gasteiger partial charge in [0.1, 0.15) is 0 Å². The fraction of sp³-hybridized carbons (Fsp3) is 0.875. The molecule has 1 amide bonds. The first-order valence-corrected chi connectivity index (χ1v) is 5.24. The van der Waals surface area contributed by atoms with Crippen molar-refractivity contribution in [3.63, 3.8) is 0 Å². The fourth-order valence-corrected chi connectivity index (χ4v) is 1.06. The molecule has 0 aliphatic heterocycles. The van der Waals surface area contributed by atoms with Crippen LogP contribution in [0.4, 0.5) is 0 Å². The first-order chi connectivity index (χ1) is 5.52. The molecule has 0 heterocycles. The molecule has 0 saturated heterocycles. The van der Waals surface area contributed by atoms with Gasteiger partial charge in [-0.1, -0.05) is 29.5 Å². The molecule has 0 saturated carbocycles. The van der Waals surface area contributed by atoms with E-state index in [1.807, 2.05) is 20.9 Å². The Hall–Kier alpha value is 0.160. The van der Waals surface area contributed by atoms with Gasteiger partial charge in [-0.2, -0.15) is 0 Å². The lowest BCUT2D eigenvalue weighted by Gasteiger charge is -2.20. The minimum Gasteiger partial charge on any atom is -0.356 e. The van der Waals surface area contributed by atoms with Crippen LogP contribution in [0.15, 0.2) is 0 Å². The Bertz CT molecular complexity index is 148. The number of alkyl halides is 1. The van der Waals surface area contributed by atoms with Crippen LogP contribution in [0.2, 0.25) is 0 Å². The molecule has 3 nitrogen and oxygen atoms in total. The second kappa shape index (κ2) is 5.75. The van der Waals surface area contributed by atoms with E-state index in [0.29, 0.717) is 6.42 Å². The van der Waals surface area contributed by atoms with Crippen LogP contribution >= 0.6 is 22.6 Å². The van der Waals surface area contributed by atoms with Crippen molar-refractivity contribution < 1.29 is 4.79 Å². The first-order valence-electron chi connectivity index (χ1n) is 4.16. The minimum atomic E-state index is -0.129. The number of amides is 1. The zero-order valence-electron chi connectivity index (χ0n) is 7.91. The van der Waals surface area contributed by atoms with Crippen LogP contribution in [0.1, 0.15) is 26.7 Å². The molecule has 2 N–H and O–H groups in total. The Morgan fingerprint density at radius 2 is 2.17 bits per heavy atom. The zero-order valence-corrected chi connectivity index (χ0v) is 10.1. The quantitative estimate of drug-likeness (QED) is 0.453. The molecule has 0 aliphatic carbocycles. The smallest absolute Gasteiger partial charge is 0.222 e. The van der Waals surface area contributed by atoms with Crippen LogP contribution in [0, 0.1) is 0 Å². The van der Waals surface area contributed by atoms with E-state index < -0.39 is 0 Å². The van der Waals surface area contributed by atoms with Crippen LogP contribution in [0.5, 0.6) is 0 Å². The third kappa shape index (κ3) is 5.77. The summed E-state index contributed by atoms with van der Waals surface area (Å²) in [7, 11) is 1.86. The van der Waals surface area contributed by atoms with Gasteiger partial charge in [-0.05, 0) is 20.4 Å². The van der Waals surface area contributed by atoms with Crippen molar-refractivity contribution >= 4 is 28.5 Å². The molecule has 0 unspecified atom stereocenters. The van der Waals surface area contributed by atoms with E-state index in [0.717, 1.165) is 13.0 Å². The number of nitrogens with one attached hydrogen (secondary N) is 2. The SMILES string of the molecule is CCCNC(=O)C[C@](C)(I)NC. The average molecular weight is 284 g/mol. The maximum absolute atomic E-state index is 11.2. The molecule has 0 rings (SSSR count). The molecular weight excluding hydrogens is 267 g/mol. The average Bonchev–Trinajstić information content (AvgIpc) is 2.00. The van der Waals surface area contributed by atoms with Crippen LogP contribution < -0.4 is 10.6 Å². The molecular formula is C8H17IN2O. The molecule has 0 radical (unpaired) electrons. The van der Waals surface area contributed by atoms with Crippen LogP contribution in [-0.2, 0) is 4.79 Å². The molecule has 0 aromatic carbocycles. The summed E-state index contributed by atoms with van der Waals surface area (Å²) in [5, 5.41) is 5.91. The van der Waals surface area contributed by atoms with Gasteiger partial charge in [0.05, 0.1) is 9.97 Å². The van der Waals surface area contributed by atoms with Crippen molar-refractivity contribution in [3.8, 4) is 0 Å². The maximum atomic E-state index is 11.2. The Balaban J connectivity index is 3.68. The van der Waals surface area contributed by atoms with Crippen molar-refractivity contribution in [1.82, 2.24) is 10.6 Å². The monoisotopic (exact) mass is 284 g/mol. The second-order valence-electron chi connectivity index (χ2n) is 2.97. The van der Waals surface area contributed by atoms with E-state index in [2.05, 4.69) is 33.2 Å². The number of halogens is 1. The van der Waals surface area contributed by atoms with Gasteiger partial charge >= 0.3 is 0 Å².